The first-order chi connectivity index (χ1) is 7.39. The van der Waals surface area contributed by atoms with Gasteiger partial charge in [-0.3, -0.25) is 4.79 Å². The number of rotatable bonds is 3. The molecule has 0 aromatic heterocycles. The van der Waals surface area contributed by atoms with Crippen LogP contribution in [-0.2, 0) is 14.3 Å². The molecular weight excluding hydrogens is 206 g/mol. The second-order valence-electron chi connectivity index (χ2n) is 5.54. The molecule has 4 nitrogen and oxygen atoms in total. The normalized spacial score (nSPS) is 36.4. The summed E-state index contributed by atoms with van der Waals surface area (Å²) in [5.41, 5.74) is 0. The molecule has 16 heavy (non-hydrogen) atoms. The minimum absolute atomic E-state index is 0.0953. The molecule has 0 radical (unpaired) electrons. The summed E-state index contributed by atoms with van der Waals surface area (Å²) < 4.78 is 11.3. The summed E-state index contributed by atoms with van der Waals surface area (Å²) in [5.74, 6) is 0.158. The third-order valence-electron chi connectivity index (χ3n) is 3.12. The fourth-order valence-corrected chi connectivity index (χ4v) is 2.24. The molecule has 0 aromatic carbocycles. The van der Waals surface area contributed by atoms with Gasteiger partial charge < -0.3 is 14.8 Å². The van der Waals surface area contributed by atoms with Crippen molar-refractivity contribution < 1.29 is 14.3 Å². The van der Waals surface area contributed by atoms with Crippen LogP contribution in [0.3, 0.4) is 0 Å². The van der Waals surface area contributed by atoms with Crippen molar-refractivity contribution in [1.29, 1.82) is 0 Å². The van der Waals surface area contributed by atoms with Gasteiger partial charge >= 0.3 is 0 Å². The third-order valence-corrected chi connectivity index (χ3v) is 3.12. The Balaban J connectivity index is 1.81. The Hall–Kier alpha value is -0.610. The molecular formula is C12H21NO3. The molecule has 1 saturated heterocycles. The number of nitrogens with one attached hydrogen (secondary N) is 1. The highest BCUT2D eigenvalue weighted by Gasteiger charge is 2.52. The molecule has 92 valence electrons. The van der Waals surface area contributed by atoms with Gasteiger partial charge in [0, 0.05) is 12.0 Å². The van der Waals surface area contributed by atoms with Gasteiger partial charge in [0.05, 0.1) is 12.7 Å². The van der Waals surface area contributed by atoms with Crippen molar-refractivity contribution >= 4 is 5.91 Å². The summed E-state index contributed by atoms with van der Waals surface area (Å²) in [6.07, 6.45) is 1.03. The van der Waals surface area contributed by atoms with Gasteiger partial charge in [0.25, 0.3) is 0 Å². The van der Waals surface area contributed by atoms with Gasteiger partial charge in [0.1, 0.15) is 0 Å². The minimum Gasteiger partial charge on any atom is -0.354 e. The van der Waals surface area contributed by atoms with Gasteiger partial charge in [-0.1, -0.05) is 0 Å². The van der Waals surface area contributed by atoms with E-state index < -0.39 is 5.79 Å². The molecule has 2 fully saturated rings. The highest BCUT2D eigenvalue weighted by atomic mass is 16.7. The number of hydrogen-bond donors (Lipinski definition) is 1. The number of carbonyl (C=O) groups is 1. The van der Waals surface area contributed by atoms with Crippen molar-refractivity contribution in [2.75, 3.05) is 6.61 Å². The van der Waals surface area contributed by atoms with Gasteiger partial charge in [-0.05, 0) is 40.0 Å². The molecule has 4 heteroatoms. The quantitative estimate of drug-likeness (QED) is 0.790. The molecule has 2 aliphatic rings. The van der Waals surface area contributed by atoms with Crippen LogP contribution in [0.4, 0.5) is 0 Å². The van der Waals surface area contributed by atoms with Gasteiger partial charge in [-0.2, -0.15) is 0 Å². The summed E-state index contributed by atoms with van der Waals surface area (Å²) in [6.45, 7) is 8.40. The van der Waals surface area contributed by atoms with Crippen molar-refractivity contribution in [2.45, 2.75) is 52.0 Å². The zero-order chi connectivity index (χ0) is 11.9. The number of carbonyl (C=O) groups excluding carboxylic acids is 1. The van der Waals surface area contributed by atoms with Crippen molar-refractivity contribution in [3.8, 4) is 0 Å². The van der Waals surface area contributed by atoms with Crippen LogP contribution in [0.2, 0.25) is 0 Å². The Morgan fingerprint density at radius 2 is 2.12 bits per heavy atom. The first kappa shape index (κ1) is 11.9. The Kier molecular flexibility index (Phi) is 2.97. The maximum absolute atomic E-state index is 11.7. The first-order valence-electron chi connectivity index (χ1n) is 6.01. The monoisotopic (exact) mass is 227 g/mol. The summed E-state index contributed by atoms with van der Waals surface area (Å²) in [5, 5.41) is 2.94. The molecule has 0 spiro atoms. The summed E-state index contributed by atoms with van der Waals surface area (Å²) in [6, 6.07) is 0.214. The van der Waals surface area contributed by atoms with Crippen LogP contribution >= 0.6 is 0 Å². The lowest BCUT2D eigenvalue weighted by atomic mass is 10.2. The van der Waals surface area contributed by atoms with Crippen molar-refractivity contribution in [3.05, 3.63) is 0 Å². The largest absolute Gasteiger partial charge is 0.354 e. The minimum atomic E-state index is -0.480. The zero-order valence-corrected chi connectivity index (χ0v) is 10.4. The smallest absolute Gasteiger partial charge is 0.223 e. The van der Waals surface area contributed by atoms with E-state index in [9.17, 15) is 4.79 Å². The molecule has 1 saturated carbocycles. The maximum Gasteiger partial charge on any atom is 0.223 e. The van der Waals surface area contributed by atoms with Crippen LogP contribution in [0.1, 0.15) is 34.1 Å². The standard InChI is InChI=1S/C12H21NO3/c1-7(2)13-11(14)9-5-8(9)10-6-15-12(3,4)16-10/h7-10H,5-6H2,1-4H3,(H,13,14)/t8?,9?,10-/m1/s1. The lowest BCUT2D eigenvalue weighted by molar-refractivity contribution is -0.142. The zero-order valence-electron chi connectivity index (χ0n) is 10.4. The van der Waals surface area contributed by atoms with Gasteiger partial charge in [0.2, 0.25) is 5.91 Å². The van der Waals surface area contributed by atoms with Crippen LogP contribution in [0.15, 0.2) is 0 Å². The fourth-order valence-electron chi connectivity index (χ4n) is 2.24. The van der Waals surface area contributed by atoms with E-state index in [0.717, 1.165) is 6.42 Å². The average molecular weight is 227 g/mol. The van der Waals surface area contributed by atoms with Crippen LogP contribution in [0.25, 0.3) is 0 Å². The Morgan fingerprint density at radius 3 is 2.62 bits per heavy atom. The van der Waals surface area contributed by atoms with E-state index in [1.807, 2.05) is 27.7 Å². The van der Waals surface area contributed by atoms with E-state index >= 15 is 0 Å². The van der Waals surface area contributed by atoms with Crippen LogP contribution in [0, 0.1) is 11.8 Å². The van der Waals surface area contributed by atoms with Crippen LogP contribution in [-0.4, -0.2) is 30.4 Å². The lowest BCUT2D eigenvalue weighted by Gasteiger charge is -2.17. The van der Waals surface area contributed by atoms with Gasteiger partial charge in [-0.25, -0.2) is 0 Å². The molecule has 1 N–H and O–H groups in total. The van der Waals surface area contributed by atoms with E-state index in [-0.39, 0.29) is 24.0 Å². The van der Waals surface area contributed by atoms with Crippen molar-refractivity contribution in [3.63, 3.8) is 0 Å². The first-order valence-corrected chi connectivity index (χ1v) is 6.01. The fraction of sp³-hybridized carbons (Fsp3) is 0.917. The van der Waals surface area contributed by atoms with E-state index in [1.165, 1.54) is 0 Å². The number of amides is 1. The van der Waals surface area contributed by atoms with Crippen molar-refractivity contribution in [2.24, 2.45) is 11.8 Å². The van der Waals surface area contributed by atoms with Gasteiger partial charge in [0.15, 0.2) is 5.79 Å². The maximum atomic E-state index is 11.7. The Bertz CT molecular complexity index is 288. The molecule has 1 aliphatic carbocycles. The molecule has 2 rings (SSSR count). The van der Waals surface area contributed by atoms with E-state index in [0.29, 0.717) is 12.5 Å². The second-order valence-corrected chi connectivity index (χ2v) is 5.54. The van der Waals surface area contributed by atoms with Crippen LogP contribution < -0.4 is 5.32 Å². The van der Waals surface area contributed by atoms with Crippen molar-refractivity contribution in [1.82, 2.24) is 5.32 Å². The van der Waals surface area contributed by atoms with Crippen LogP contribution in [0.5, 0.6) is 0 Å². The topological polar surface area (TPSA) is 47.6 Å². The summed E-state index contributed by atoms with van der Waals surface area (Å²) >= 11 is 0. The Labute approximate surface area is 96.7 Å². The molecule has 2 unspecified atom stereocenters. The average Bonchev–Trinajstić information content (AvgIpc) is 2.84. The number of hydrogen-bond acceptors (Lipinski definition) is 3. The lowest BCUT2D eigenvalue weighted by Crippen LogP contribution is -2.33. The predicted molar refractivity (Wildman–Crippen MR) is 59.8 cm³/mol. The Morgan fingerprint density at radius 1 is 1.44 bits per heavy atom. The molecule has 1 amide bonds. The number of ether oxygens (including phenoxy) is 2. The molecule has 1 aliphatic heterocycles. The highest BCUT2D eigenvalue weighted by Crippen LogP contribution is 2.45. The molecule has 3 atom stereocenters. The highest BCUT2D eigenvalue weighted by molar-refractivity contribution is 5.81. The molecule has 1 heterocycles. The van der Waals surface area contributed by atoms with E-state index in [1.54, 1.807) is 0 Å². The van der Waals surface area contributed by atoms with E-state index in [2.05, 4.69) is 5.32 Å². The predicted octanol–water partition coefficient (Wildman–Crippen LogP) is 1.30. The molecule has 0 aromatic rings. The summed E-state index contributed by atoms with van der Waals surface area (Å²) in [4.78, 5) is 11.7. The van der Waals surface area contributed by atoms with Gasteiger partial charge in [-0.15, -0.1) is 0 Å². The SMILES string of the molecule is CC(C)NC(=O)C1CC1[C@H]1COC(C)(C)O1. The van der Waals surface area contributed by atoms with E-state index in [4.69, 9.17) is 9.47 Å². The summed E-state index contributed by atoms with van der Waals surface area (Å²) in [7, 11) is 0. The third kappa shape index (κ3) is 2.55. The second kappa shape index (κ2) is 4.00. The molecule has 0 bridgehead atoms.